The molecule has 0 aliphatic heterocycles. The van der Waals surface area contributed by atoms with E-state index in [0.29, 0.717) is 19.1 Å². The van der Waals surface area contributed by atoms with E-state index in [1.165, 1.54) is 0 Å². The molecule has 0 heterocycles. The van der Waals surface area contributed by atoms with Crippen molar-refractivity contribution < 1.29 is 14.2 Å². The van der Waals surface area contributed by atoms with Crippen molar-refractivity contribution in [2.24, 2.45) is 0 Å². The maximum absolute atomic E-state index is 5.74. The van der Waals surface area contributed by atoms with E-state index >= 15 is 0 Å². The second kappa shape index (κ2) is 7.36. The number of hydrogen-bond acceptors (Lipinski definition) is 3. The second-order valence-electron chi connectivity index (χ2n) is 3.31. The number of alkyl halides is 1. The molecular weight excluding hydrogens is 228 g/mol. The van der Waals surface area contributed by atoms with Gasteiger partial charge in [0.15, 0.2) is 11.5 Å². The maximum atomic E-state index is 5.74. The summed E-state index contributed by atoms with van der Waals surface area (Å²) in [6.07, 6.45) is 0.858. The monoisotopic (exact) mass is 244 g/mol. The number of methoxy groups -OCH3 is 2. The van der Waals surface area contributed by atoms with Gasteiger partial charge in [0.1, 0.15) is 0 Å². The Kier molecular flexibility index (Phi) is 6.04. The van der Waals surface area contributed by atoms with Gasteiger partial charge in [-0.05, 0) is 17.7 Å². The van der Waals surface area contributed by atoms with Crippen LogP contribution in [0.2, 0.25) is 0 Å². The van der Waals surface area contributed by atoms with Crippen LogP contribution in [0.3, 0.4) is 0 Å². The molecule has 0 atom stereocenters. The van der Waals surface area contributed by atoms with Gasteiger partial charge in [0.25, 0.3) is 0 Å². The molecule has 0 unspecified atom stereocenters. The number of ether oxygens (including phenoxy) is 3. The van der Waals surface area contributed by atoms with Gasteiger partial charge in [-0.25, -0.2) is 0 Å². The van der Waals surface area contributed by atoms with Crippen LogP contribution in [-0.2, 0) is 10.6 Å². The van der Waals surface area contributed by atoms with Crippen LogP contribution in [0.1, 0.15) is 12.0 Å². The summed E-state index contributed by atoms with van der Waals surface area (Å²) in [6, 6.07) is 5.70. The molecule has 0 radical (unpaired) electrons. The fourth-order valence-electron chi connectivity index (χ4n) is 1.30. The zero-order valence-corrected chi connectivity index (χ0v) is 10.4. The van der Waals surface area contributed by atoms with Gasteiger partial charge in [-0.1, -0.05) is 6.07 Å². The SMILES string of the molecule is COCCCOc1ccc(CCl)cc1OC. The normalized spacial score (nSPS) is 10.2. The first-order valence-corrected chi connectivity index (χ1v) is 5.70. The summed E-state index contributed by atoms with van der Waals surface area (Å²) in [5.41, 5.74) is 1.02. The van der Waals surface area contributed by atoms with E-state index < -0.39 is 0 Å². The number of hydrogen-bond donors (Lipinski definition) is 0. The molecule has 1 rings (SSSR count). The van der Waals surface area contributed by atoms with E-state index in [-0.39, 0.29) is 0 Å². The Morgan fingerprint density at radius 3 is 2.56 bits per heavy atom. The first-order chi connectivity index (χ1) is 7.81. The molecule has 1 aromatic carbocycles. The Morgan fingerprint density at radius 2 is 1.94 bits per heavy atom. The third kappa shape index (κ3) is 3.91. The molecule has 16 heavy (non-hydrogen) atoms. The van der Waals surface area contributed by atoms with Crippen LogP contribution >= 0.6 is 11.6 Å². The maximum Gasteiger partial charge on any atom is 0.161 e. The molecule has 90 valence electrons. The number of halogens is 1. The predicted octanol–water partition coefficient (Wildman–Crippen LogP) is 2.85. The van der Waals surface area contributed by atoms with Gasteiger partial charge in [-0.3, -0.25) is 0 Å². The van der Waals surface area contributed by atoms with Crippen LogP contribution in [0.15, 0.2) is 18.2 Å². The highest BCUT2D eigenvalue weighted by molar-refractivity contribution is 6.17. The number of benzene rings is 1. The van der Waals surface area contributed by atoms with Crippen molar-refractivity contribution in [3.8, 4) is 11.5 Å². The molecule has 0 saturated carbocycles. The molecule has 0 aliphatic carbocycles. The molecule has 0 spiro atoms. The quantitative estimate of drug-likeness (QED) is 0.545. The zero-order chi connectivity index (χ0) is 11.8. The molecule has 1 aromatic rings. The minimum absolute atomic E-state index is 0.473. The van der Waals surface area contributed by atoms with Crippen LogP contribution in [0.25, 0.3) is 0 Å². The van der Waals surface area contributed by atoms with E-state index in [0.717, 1.165) is 23.5 Å². The lowest BCUT2D eigenvalue weighted by molar-refractivity contribution is 0.170. The average Bonchev–Trinajstić information content (AvgIpc) is 2.34. The standard InChI is InChI=1S/C12H17ClO3/c1-14-6-3-7-16-11-5-4-10(9-13)8-12(11)15-2/h4-5,8H,3,6-7,9H2,1-2H3. The Bertz CT molecular complexity index is 315. The highest BCUT2D eigenvalue weighted by atomic mass is 35.5. The molecule has 4 heteroatoms. The molecule has 3 nitrogen and oxygen atoms in total. The lowest BCUT2D eigenvalue weighted by Gasteiger charge is -2.11. The Morgan fingerprint density at radius 1 is 1.12 bits per heavy atom. The molecule has 0 bridgehead atoms. The molecular formula is C12H17ClO3. The van der Waals surface area contributed by atoms with Crippen molar-refractivity contribution in [3.05, 3.63) is 23.8 Å². The van der Waals surface area contributed by atoms with E-state index in [2.05, 4.69) is 0 Å². The van der Waals surface area contributed by atoms with Crippen molar-refractivity contribution >= 4 is 11.6 Å². The van der Waals surface area contributed by atoms with Crippen molar-refractivity contribution in [2.75, 3.05) is 27.4 Å². The van der Waals surface area contributed by atoms with Gasteiger partial charge >= 0.3 is 0 Å². The molecule has 0 aromatic heterocycles. The minimum atomic E-state index is 0.473. The fraction of sp³-hybridized carbons (Fsp3) is 0.500. The summed E-state index contributed by atoms with van der Waals surface area (Å²) in [4.78, 5) is 0. The Balaban J connectivity index is 2.57. The van der Waals surface area contributed by atoms with E-state index in [1.54, 1.807) is 14.2 Å². The van der Waals surface area contributed by atoms with Crippen LogP contribution < -0.4 is 9.47 Å². The van der Waals surface area contributed by atoms with Crippen molar-refractivity contribution in [2.45, 2.75) is 12.3 Å². The lowest BCUT2D eigenvalue weighted by atomic mass is 10.2. The van der Waals surface area contributed by atoms with Gasteiger partial charge in [0.05, 0.1) is 13.7 Å². The van der Waals surface area contributed by atoms with Crippen LogP contribution in [0.5, 0.6) is 11.5 Å². The van der Waals surface area contributed by atoms with E-state index in [4.69, 9.17) is 25.8 Å². The lowest BCUT2D eigenvalue weighted by Crippen LogP contribution is -2.02. The second-order valence-corrected chi connectivity index (χ2v) is 3.58. The zero-order valence-electron chi connectivity index (χ0n) is 9.66. The van der Waals surface area contributed by atoms with Crippen molar-refractivity contribution in [3.63, 3.8) is 0 Å². The highest BCUT2D eigenvalue weighted by Crippen LogP contribution is 2.28. The highest BCUT2D eigenvalue weighted by Gasteiger charge is 2.04. The van der Waals surface area contributed by atoms with Crippen molar-refractivity contribution in [1.29, 1.82) is 0 Å². The van der Waals surface area contributed by atoms with Crippen LogP contribution in [0.4, 0.5) is 0 Å². The third-order valence-electron chi connectivity index (χ3n) is 2.13. The van der Waals surface area contributed by atoms with Crippen molar-refractivity contribution in [1.82, 2.24) is 0 Å². The van der Waals surface area contributed by atoms with Gasteiger partial charge in [-0.15, -0.1) is 11.6 Å². The third-order valence-corrected chi connectivity index (χ3v) is 2.44. The summed E-state index contributed by atoms with van der Waals surface area (Å²) in [7, 11) is 3.30. The molecule has 0 saturated heterocycles. The summed E-state index contributed by atoms with van der Waals surface area (Å²) >= 11 is 5.74. The first-order valence-electron chi connectivity index (χ1n) is 5.16. The van der Waals surface area contributed by atoms with Gasteiger partial charge in [-0.2, -0.15) is 0 Å². The van der Waals surface area contributed by atoms with Gasteiger partial charge < -0.3 is 14.2 Å². The topological polar surface area (TPSA) is 27.7 Å². The Hall–Kier alpha value is -0.930. The van der Waals surface area contributed by atoms with E-state index in [1.807, 2.05) is 18.2 Å². The summed E-state index contributed by atoms with van der Waals surface area (Å²) in [5.74, 6) is 1.93. The van der Waals surface area contributed by atoms with E-state index in [9.17, 15) is 0 Å². The average molecular weight is 245 g/mol. The van der Waals surface area contributed by atoms with Crippen LogP contribution in [-0.4, -0.2) is 27.4 Å². The molecule has 0 fully saturated rings. The van der Waals surface area contributed by atoms with Crippen LogP contribution in [0, 0.1) is 0 Å². The minimum Gasteiger partial charge on any atom is -0.493 e. The number of rotatable bonds is 7. The summed E-state index contributed by atoms with van der Waals surface area (Å²) < 4.78 is 15.8. The fourth-order valence-corrected chi connectivity index (χ4v) is 1.47. The smallest absolute Gasteiger partial charge is 0.161 e. The Labute approximate surface area is 101 Å². The summed E-state index contributed by atoms with van der Waals surface area (Å²) in [6.45, 7) is 1.31. The molecule has 0 amide bonds. The van der Waals surface area contributed by atoms with Gasteiger partial charge in [0.2, 0.25) is 0 Å². The molecule has 0 N–H and O–H groups in total. The summed E-state index contributed by atoms with van der Waals surface area (Å²) in [5, 5.41) is 0. The molecule has 0 aliphatic rings. The first kappa shape index (κ1) is 13.1. The predicted molar refractivity (Wildman–Crippen MR) is 64.5 cm³/mol. The largest absolute Gasteiger partial charge is 0.493 e. The van der Waals surface area contributed by atoms with Gasteiger partial charge in [0, 0.05) is 26.0 Å².